The third-order valence-electron chi connectivity index (χ3n) is 2.96. The van der Waals surface area contributed by atoms with Gasteiger partial charge in [-0.15, -0.1) is 0 Å². The predicted octanol–water partition coefficient (Wildman–Crippen LogP) is 1.74. The number of nitrogens with two attached hydrogens (primary N) is 1. The highest BCUT2D eigenvalue weighted by atomic mass is 16.2. The van der Waals surface area contributed by atoms with Crippen LogP contribution in [0.15, 0.2) is 36.8 Å². The van der Waals surface area contributed by atoms with Gasteiger partial charge in [-0.3, -0.25) is 20.6 Å². The predicted molar refractivity (Wildman–Crippen MR) is 78.4 cm³/mol. The van der Waals surface area contributed by atoms with Crippen LogP contribution < -0.4 is 16.2 Å². The van der Waals surface area contributed by atoms with Crippen LogP contribution in [-0.2, 0) is 0 Å². The van der Waals surface area contributed by atoms with Crippen molar-refractivity contribution in [3.63, 3.8) is 0 Å². The van der Waals surface area contributed by atoms with Crippen molar-refractivity contribution in [2.24, 2.45) is 5.84 Å². The lowest BCUT2D eigenvalue weighted by Crippen LogP contribution is -2.31. The van der Waals surface area contributed by atoms with Crippen LogP contribution in [0.3, 0.4) is 0 Å². The summed E-state index contributed by atoms with van der Waals surface area (Å²) in [6.07, 6.45) is 4.85. The zero-order valence-electron chi connectivity index (χ0n) is 11.5. The van der Waals surface area contributed by atoms with E-state index in [9.17, 15) is 4.79 Å². The van der Waals surface area contributed by atoms with Crippen molar-refractivity contribution in [2.75, 3.05) is 16.9 Å². The number of hydrogen-bond acceptors (Lipinski definition) is 5. The third kappa shape index (κ3) is 2.75. The Bertz CT molecular complexity index is 600. The normalized spacial score (nSPS) is 10.2. The molecule has 0 bridgehead atoms. The zero-order valence-corrected chi connectivity index (χ0v) is 11.5. The van der Waals surface area contributed by atoms with E-state index in [0.29, 0.717) is 17.8 Å². The fourth-order valence-corrected chi connectivity index (χ4v) is 1.96. The molecule has 0 aromatic carbocycles. The number of pyridine rings is 2. The first-order valence-electron chi connectivity index (χ1n) is 6.32. The van der Waals surface area contributed by atoms with E-state index in [0.717, 1.165) is 11.4 Å². The summed E-state index contributed by atoms with van der Waals surface area (Å²) >= 11 is 0. The van der Waals surface area contributed by atoms with Crippen LogP contribution in [0, 0.1) is 6.92 Å². The number of anilines is 2. The number of hydrogen-bond donors (Lipinski definition) is 2. The van der Waals surface area contributed by atoms with E-state index in [1.54, 1.807) is 35.5 Å². The molecule has 0 aliphatic carbocycles. The summed E-state index contributed by atoms with van der Waals surface area (Å²) in [5.41, 5.74) is 5.14. The van der Waals surface area contributed by atoms with Crippen LogP contribution in [0.2, 0.25) is 0 Å². The zero-order chi connectivity index (χ0) is 14.5. The quantitative estimate of drug-likeness (QED) is 0.653. The molecule has 6 heteroatoms. The molecule has 0 atom stereocenters. The van der Waals surface area contributed by atoms with Crippen molar-refractivity contribution < 1.29 is 4.79 Å². The number of hydrazine groups is 1. The third-order valence-corrected chi connectivity index (χ3v) is 2.96. The van der Waals surface area contributed by atoms with Gasteiger partial charge in [-0.05, 0) is 32.0 Å². The van der Waals surface area contributed by atoms with E-state index in [-0.39, 0.29) is 5.91 Å². The Kier molecular flexibility index (Phi) is 4.27. The largest absolute Gasteiger partial charge is 0.323 e. The van der Waals surface area contributed by atoms with E-state index in [1.165, 1.54) is 6.20 Å². The van der Waals surface area contributed by atoms with E-state index >= 15 is 0 Å². The molecule has 2 aromatic heterocycles. The molecule has 0 aliphatic rings. The van der Waals surface area contributed by atoms with Crippen molar-refractivity contribution >= 4 is 17.3 Å². The Hall–Kier alpha value is -2.47. The summed E-state index contributed by atoms with van der Waals surface area (Å²) < 4.78 is 0. The van der Waals surface area contributed by atoms with Crippen molar-refractivity contribution in [1.29, 1.82) is 0 Å². The number of rotatable bonds is 4. The fourth-order valence-electron chi connectivity index (χ4n) is 1.96. The minimum atomic E-state index is -0.154. The molecule has 0 saturated carbocycles. The van der Waals surface area contributed by atoms with Crippen molar-refractivity contribution in [3.8, 4) is 0 Å². The van der Waals surface area contributed by atoms with Crippen molar-refractivity contribution in [3.05, 3.63) is 48.0 Å². The minimum absolute atomic E-state index is 0.154. The molecule has 2 rings (SSSR count). The van der Waals surface area contributed by atoms with E-state index in [4.69, 9.17) is 5.84 Å². The van der Waals surface area contributed by atoms with Gasteiger partial charge in [0.1, 0.15) is 0 Å². The van der Waals surface area contributed by atoms with Gasteiger partial charge in [0.25, 0.3) is 5.91 Å². The second kappa shape index (κ2) is 6.12. The molecular weight excluding hydrogens is 254 g/mol. The molecule has 2 heterocycles. The van der Waals surface area contributed by atoms with E-state index in [2.05, 4.69) is 15.4 Å². The average molecular weight is 271 g/mol. The fraction of sp³-hybridized carbons (Fsp3) is 0.214. The summed E-state index contributed by atoms with van der Waals surface area (Å²) in [4.78, 5) is 22.4. The van der Waals surface area contributed by atoms with Gasteiger partial charge >= 0.3 is 0 Å². The van der Waals surface area contributed by atoms with Gasteiger partial charge in [-0.25, -0.2) is 0 Å². The Morgan fingerprint density at radius 2 is 2.10 bits per heavy atom. The highest BCUT2D eigenvalue weighted by Gasteiger charge is 2.19. The lowest BCUT2D eigenvalue weighted by atomic mass is 10.1. The standard InChI is InChI=1S/C14H17N5O/c1-3-19(11-4-6-16-7-5-11)14(20)12-9-17-10(2)8-13(12)18-15/h4-9H,3,15H2,1-2H3,(H,17,18). The number of nitrogens with zero attached hydrogens (tertiary/aromatic N) is 3. The lowest BCUT2D eigenvalue weighted by Gasteiger charge is -2.22. The SMILES string of the molecule is CCN(C(=O)c1cnc(C)cc1NN)c1ccncc1. The van der Waals surface area contributed by atoms with E-state index < -0.39 is 0 Å². The number of carbonyl (C=O) groups excluding carboxylic acids is 1. The molecule has 0 unspecified atom stereocenters. The van der Waals surface area contributed by atoms with Gasteiger partial charge in [-0.1, -0.05) is 0 Å². The molecule has 3 N–H and O–H groups in total. The monoisotopic (exact) mass is 271 g/mol. The molecule has 0 saturated heterocycles. The number of carbonyl (C=O) groups is 1. The molecule has 20 heavy (non-hydrogen) atoms. The molecule has 104 valence electrons. The molecule has 0 spiro atoms. The first-order valence-corrected chi connectivity index (χ1v) is 6.32. The maximum absolute atomic E-state index is 12.6. The summed E-state index contributed by atoms with van der Waals surface area (Å²) in [5.74, 6) is 5.33. The van der Waals surface area contributed by atoms with Crippen LogP contribution in [0.25, 0.3) is 0 Å². The number of nitrogen functional groups attached to an aromatic ring is 1. The van der Waals surface area contributed by atoms with Crippen LogP contribution in [0.1, 0.15) is 23.0 Å². The lowest BCUT2D eigenvalue weighted by molar-refractivity contribution is 0.0988. The smallest absolute Gasteiger partial charge is 0.261 e. The topological polar surface area (TPSA) is 84.1 Å². The average Bonchev–Trinajstić information content (AvgIpc) is 2.48. The summed E-state index contributed by atoms with van der Waals surface area (Å²) in [6, 6.07) is 5.32. The Balaban J connectivity index is 2.39. The van der Waals surface area contributed by atoms with Gasteiger partial charge in [0, 0.05) is 36.5 Å². The number of nitrogens with one attached hydrogen (secondary N) is 1. The highest BCUT2D eigenvalue weighted by molar-refractivity contribution is 6.09. The van der Waals surface area contributed by atoms with Crippen LogP contribution in [0.5, 0.6) is 0 Å². The molecule has 2 aromatic rings. The first kappa shape index (κ1) is 14.0. The molecule has 0 aliphatic heterocycles. The summed E-state index contributed by atoms with van der Waals surface area (Å²) in [5, 5.41) is 0. The van der Waals surface area contributed by atoms with Crippen LogP contribution in [-0.4, -0.2) is 22.4 Å². The van der Waals surface area contributed by atoms with Gasteiger partial charge < -0.3 is 10.3 Å². The molecule has 6 nitrogen and oxygen atoms in total. The second-order valence-corrected chi connectivity index (χ2v) is 4.27. The maximum atomic E-state index is 12.6. The number of aromatic nitrogens is 2. The summed E-state index contributed by atoms with van der Waals surface area (Å²) in [6.45, 7) is 4.30. The van der Waals surface area contributed by atoms with Crippen LogP contribution in [0.4, 0.5) is 11.4 Å². The highest BCUT2D eigenvalue weighted by Crippen LogP contribution is 2.20. The van der Waals surface area contributed by atoms with Crippen LogP contribution >= 0.6 is 0 Å². The Morgan fingerprint density at radius 3 is 2.70 bits per heavy atom. The number of aryl methyl sites for hydroxylation is 1. The van der Waals surface area contributed by atoms with Crippen molar-refractivity contribution in [2.45, 2.75) is 13.8 Å². The van der Waals surface area contributed by atoms with Crippen molar-refractivity contribution in [1.82, 2.24) is 9.97 Å². The first-order chi connectivity index (χ1) is 9.67. The molecule has 0 fully saturated rings. The second-order valence-electron chi connectivity index (χ2n) is 4.27. The van der Waals surface area contributed by atoms with Gasteiger partial charge in [0.05, 0.1) is 11.3 Å². The van der Waals surface area contributed by atoms with Gasteiger partial charge in [0.15, 0.2) is 0 Å². The molecular formula is C14H17N5O. The maximum Gasteiger partial charge on any atom is 0.261 e. The van der Waals surface area contributed by atoms with Gasteiger partial charge in [-0.2, -0.15) is 0 Å². The molecule has 1 amide bonds. The minimum Gasteiger partial charge on any atom is -0.323 e. The Morgan fingerprint density at radius 1 is 1.40 bits per heavy atom. The summed E-state index contributed by atoms with van der Waals surface area (Å²) in [7, 11) is 0. The Labute approximate surface area is 117 Å². The molecule has 0 radical (unpaired) electrons. The number of amides is 1. The van der Waals surface area contributed by atoms with Gasteiger partial charge in [0.2, 0.25) is 0 Å². The van der Waals surface area contributed by atoms with E-state index in [1.807, 2.05) is 13.8 Å².